The minimum atomic E-state index is 0.0214. The Hall–Kier alpha value is -0.0400. The number of nitrogens with two attached hydrogens (primary N) is 1. The van der Waals surface area contributed by atoms with Crippen molar-refractivity contribution in [1.82, 2.24) is 0 Å². The summed E-state index contributed by atoms with van der Waals surface area (Å²) in [5.41, 5.74) is 6.06. The first-order valence-corrected chi connectivity index (χ1v) is 5.78. The zero-order chi connectivity index (χ0) is 10.3. The van der Waals surface area contributed by atoms with Crippen LogP contribution in [0.2, 0.25) is 0 Å². The number of rotatable bonds is 7. The van der Waals surface area contributed by atoms with Crippen LogP contribution in [0.5, 0.6) is 0 Å². The van der Waals surface area contributed by atoms with Gasteiger partial charge < -0.3 is 5.73 Å². The third-order valence-corrected chi connectivity index (χ3v) is 2.48. The molecule has 80 valence electrons. The van der Waals surface area contributed by atoms with Gasteiger partial charge in [0.05, 0.1) is 0 Å². The number of hydrogen-bond donors (Lipinski definition) is 1. The van der Waals surface area contributed by atoms with Gasteiger partial charge in [-0.15, -0.1) is 0 Å². The van der Waals surface area contributed by atoms with Crippen molar-refractivity contribution in [1.29, 1.82) is 0 Å². The van der Waals surface area contributed by atoms with Crippen LogP contribution in [-0.2, 0) is 0 Å². The van der Waals surface area contributed by atoms with E-state index in [1.165, 1.54) is 38.5 Å². The van der Waals surface area contributed by atoms with Gasteiger partial charge in [-0.3, -0.25) is 0 Å². The van der Waals surface area contributed by atoms with Crippen LogP contribution in [0.15, 0.2) is 0 Å². The third-order valence-electron chi connectivity index (χ3n) is 2.48. The van der Waals surface area contributed by atoms with Crippen molar-refractivity contribution in [3.63, 3.8) is 0 Å². The Morgan fingerprint density at radius 2 is 1.69 bits per heavy atom. The lowest BCUT2D eigenvalue weighted by molar-refractivity contribution is 0.319. The Morgan fingerprint density at radius 3 is 2.08 bits per heavy atom. The first kappa shape index (κ1) is 13.0. The van der Waals surface area contributed by atoms with Crippen LogP contribution in [0, 0.1) is 5.92 Å². The lowest BCUT2D eigenvalue weighted by Crippen LogP contribution is -2.34. The summed E-state index contributed by atoms with van der Waals surface area (Å²) in [6.07, 6.45) is 7.86. The van der Waals surface area contributed by atoms with Crippen molar-refractivity contribution in [2.24, 2.45) is 11.7 Å². The molecule has 0 spiro atoms. The molecule has 0 bridgehead atoms. The van der Waals surface area contributed by atoms with E-state index in [-0.39, 0.29) is 5.54 Å². The zero-order valence-electron chi connectivity index (χ0n) is 9.90. The zero-order valence-corrected chi connectivity index (χ0v) is 9.90. The second kappa shape index (κ2) is 6.42. The second-order valence-electron chi connectivity index (χ2n) is 4.99. The summed E-state index contributed by atoms with van der Waals surface area (Å²) in [7, 11) is 0. The maximum atomic E-state index is 6.04. The van der Waals surface area contributed by atoms with Crippen molar-refractivity contribution in [2.75, 3.05) is 0 Å². The fourth-order valence-corrected chi connectivity index (χ4v) is 1.99. The highest BCUT2D eigenvalue weighted by Gasteiger charge is 2.17. The van der Waals surface area contributed by atoms with Crippen molar-refractivity contribution in [2.45, 2.75) is 71.8 Å². The molecule has 0 aromatic rings. The molecule has 0 aliphatic carbocycles. The van der Waals surface area contributed by atoms with Crippen LogP contribution in [0.3, 0.4) is 0 Å². The quantitative estimate of drug-likeness (QED) is 0.642. The molecule has 0 amide bonds. The summed E-state index contributed by atoms with van der Waals surface area (Å²) in [4.78, 5) is 0. The second-order valence-corrected chi connectivity index (χ2v) is 4.99. The van der Waals surface area contributed by atoms with Gasteiger partial charge in [-0.05, 0) is 26.2 Å². The van der Waals surface area contributed by atoms with Gasteiger partial charge >= 0.3 is 0 Å². The molecule has 0 heterocycles. The highest BCUT2D eigenvalue weighted by atomic mass is 14.7. The van der Waals surface area contributed by atoms with Crippen LogP contribution < -0.4 is 5.73 Å². The van der Waals surface area contributed by atoms with Gasteiger partial charge in [0.25, 0.3) is 0 Å². The molecule has 0 aromatic heterocycles. The summed E-state index contributed by atoms with van der Waals surface area (Å²) in [5, 5.41) is 0. The van der Waals surface area contributed by atoms with Crippen LogP contribution in [0.4, 0.5) is 0 Å². The molecule has 0 rings (SSSR count). The lowest BCUT2D eigenvalue weighted by Gasteiger charge is -2.25. The molecule has 0 aromatic carbocycles. The van der Waals surface area contributed by atoms with Crippen LogP contribution in [-0.4, -0.2) is 5.54 Å². The highest BCUT2D eigenvalue weighted by molar-refractivity contribution is 4.76. The van der Waals surface area contributed by atoms with Crippen molar-refractivity contribution in [3.8, 4) is 0 Å². The van der Waals surface area contributed by atoms with Gasteiger partial charge in [-0.25, -0.2) is 0 Å². The summed E-state index contributed by atoms with van der Waals surface area (Å²) in [5.74, 6) is 0.852. The minimum Gasteiger partial charge on any atom is -0.326 e. The lowest BCUT2D eigenvalue weighted by atomic mass is 9.85. The van der Waals surface area contributed by atoms with E-state index in [0.717, 1.165) is 5.92 Å². The fraction of sp³-hybridized carbons (Fsp3) is 1.00. The van der Waals surface area contributed by atoms with Gasteiger partial charge in [0, 0.05) is 5.54 Å². The molecule has 0 saturated heterocycles. The van der Waals surface area contributed by atoms with E-state index in [1.807, 2.05) is 0 Å². The highest BCUT2D eigenvalue weighted by Crippen LogP contribution is 2.23. The van der Waals surface area contributed by atoms with E-state index in [1.54, 1.807) is 0 Å². The molecule has 0 aliphatic rings. The Balaban J connectivity index is 3.79. The average Bonchev–Trinajstić information content (AvgIpc) is 1.98. The van der Waals surface area contributed by atoms with Crippen LogP contribution in [0.1, 0.15) is 66.2 Å². The summed E-state index contributed by atoms with van der Waals surface area (Å²) in [6, 6.07) is 0. The number of unbranched alkanes of at least 4 members (excludes halogenated alkanes) is 1. The average molecular weight is 185 g/mol. The monoisotopic (exact) mass is 185 g/mol. The van der Waals surface area contributed by atoms with E-state index in [9.17, 15) is 0 Å². The molecule has 1 nitrogen and oxygen atoms in total. The van der Waals surface area contributed by atoms with Crippen LogP contribution in [0.25, 0.3) is 0 Å². The van der Waals surface area contributed by atoms with Gasteiger partial charge in [-0.1, -0.05) is 46.0 Å². The van der Waals surface area contributed by atoms with Gasteiger partial charge in [0.2, 0.25) is 0 Å². The molecule has 0 fully saturated rings. The molecule has 1 atom stereocenters. The minimum absolute atomic E-state index is 0.0214. The van der Waals surface area contributed by atoms with Crippen molar-refractivity contribution < 1.29 is 0 Å². The predicted octanol–water partition coefficient (Wildman–Crippen LogP) is 3.72. The van der Waals surface area contributed by atoms with Crippen LogP contribution >= 0.6 is 0 Å². The van der Waals surface area contributed by atoms with E-state index in [2.05, 4.69) is 27.7 Å². The maximum Gasteiger partial charge on any atom is 0.00996 e. The smallest absolute Gasteiger partial charge is 0.00996 e. The van der Waals surface area contributed by atoms with Gasteiger partial charge in [0.15, 0.2) is 0 Å². The van der Waals surface area contributed by atoms with Gasteiger partial charge in [0.1, 0.15) is 0 Å². The topological polar surface area (TPSA) is 26.0 Å². The maximum absolute atomic E-state index is 6.04. The molecule has 0 aliphatic heterocycles. The molecule has 13 heavy (non-hydrogen) atoms. The van der Waals surface area contributed by atoms with Gasteiger partial charge in [-0.2, -0.15) is 0 Å². The number of hydrogen-bond acceptors (Lipinski definition) is 1. The Kier molecular flexibility index (Phi) is 6.40. The van der Waals surface area contributed by atoms with Crippen molar-refractivity contribution in [3.05, 3.63) is 0 Å². The molecule has 1 heteroatoms. The fourth-order valence-electron chi connectivity index (χ4n) is 1.99. The molecular formula is C12H27N. The van der Waals surface area contributed by atoms with Crippen molar-refractivity contribution >= 4 is 0 Å². The molecule has 0 radical (unpaired) electrons. The Labute approximate surface area is 84.1 Å². The standard InChI is InChI=1S/C12H27N/c1-5-7-9-11(8-6-2)10-12(3,4)13/h11H,5-10,13H2,1-4H3. The summed E-state index contributed by atoms with van der Waals surface area (Å²) in [6.45, 7) is 8.81. The molecule has 1 unspecified atom stereocenters. The Morgan fingerprint density at radius 1 is 1.08 bits per heavy atom. The summed E-state index contributed by atoms with van der Waals surface area (Å²) < 4.78 is 0. The van der Waals surface area contributed by atoms with E-state index >= 15 is 0 Å². The first-order chi connectivity index (χ1) is 5.99. The first-order valence-electron chi connectivity index (χ1n) is 5.78. The Bertz CT molecular complexity index is 113. The molecular weight excluding hydrogens is 158 g/mol. The van der Waals surface area contributed by atoms with E-state index < -0.39 is 0 Å². The normalized spacial score (nSPS) is 14.5. The largest absolute Gasteiger partial charge is 0.326 e. The van der Waals surface area contributed by atoms with E-state index in [4.69, 9.17) is 5.73 Å². The molecule has 0 saturated carbocycles. The molecule has 2 N–H and O–H groups in total. The summed E-state index contributed by atoms with van der Waals surface area (Å²) >= 11 is 0. The third kappa shape index (κ3) is 8.29. The SMILES string of the molecule is CCCCC(CCC)CC(C)(C)N. The predicted molar refractivity (Wildman–Crippen MR) is 60.8 cm³/mol. The van der Waals surface area contributed by atoms with E-state index in [0.29, 0.717) is 0 Å².